The SMILES string of the molecule is CC(O)C(C)(C)NCc1ccc(C#N)cc1Cl. The van der Waals surface area contributed by atoms with Crippen molar-refractivity contribution in [2.45, 2.75) is 39.0 Å². The number of nitrogens with one attached hydrogen (secondary N) is 1. The lowest BCUT2D eigenvalue weighted by Crippen LogP contribution is -2.47. The Hall–Kier alpha value is -1.08. The molecule has 0 aliphatic carbocycles. The third-order valence-corrected chi connectivity index (χ3v) is 3.31. The molecular weight excluding hydrogens is 236 g/mol. The van der Waals surface area contributed by atoms with E-state index in [0.29, 0.717) is 17.1 Å². The molecule has 0 aliphatic heterocycles. The fraction of sp³-hybridized carbons (Fsp3) is 0.462. The molecule has 0 fully saturated rings. The van der Waals surface area contributed by atoms with E-state index in [1.54, 1.807) is 19.1 Å². The van der Waals surface area contributed by atoms with Crippen LogP contribution in [0, 0.1) is 11.3 Å². The Morgan fingerprint density at radius 2 is 2.18 bits per heavy atom. The van der Waals surface area contributed by atoms with Crippen molar-refractivity contribution < 1.29 is 5.11 Å². The predicted molar refractivity (Wildman–Crippen MR) is 68.8 cm³/mol. The van der Waals surface area contributed by atoms with Gasteiger partial charge >= 0.3 is 0 Å². The van der Waals surface area contributed by atoms with Crippen molar-refractivity contribution in [3.8, 4) is 6.07 Å². The van der Waals surface area contributed by atoms with Gasteiger partial charge in [0.05, 0.1) is 17.7 Å². The van der Waals surface area contributed by atoms with Crippen LogP contribution in [0.4, 0.5) is 0 Å². The summed E-state index contributed by atoms with van der Waals surface area (Å²) in [6.07, 6.45) is -0.459. The molecule has 1 unspecified atom stereocenters. The van der Waals surface area contributed by atoms with Crippen LogP contribution < -0.4 is 5.32 Å². The summed E-state index contributed by atoms with van der Waals surface area (Å²) in [4.78, 5) is 0. The first-order valence-corrected chi connectivity index (χ1v) is 5.86. The standard InChI is InChI=1S/C13H17ClN2O/c1-9(17)13(2,3)16-8-11-5-4-10(7-15)6-12(11)14/h4-6,9,16-17H,8H2,1-3H3. The highest BCUT2D eigenvalue weighted by atomic mass is 35.5. The Kier molecular flexibility index (Phi) is 4.53. The second kappa shape index (κ2) is 5.50. The van der Waals surface area contributed by atoms with Crippen molar-refractivity contribution in [1.82, 2.24) is 5.32 Å². The van der Waals surface area contributed by atoms with Crippen molar-refractivity contribution in [3.05, 3.63) is 34.3 Å². The van der Waals surface area contributed by atoms with Crippen LogP contribution in [-0.4, -0.2) is 16.7 Å². The van der Waals surface area contributed by atoms with Gasteiger partial charge in [-0.1, -0.05) is 17.7 Å². The number of aliphatic hydroxyl groups is 1. The van der Waals surface area contributed by atoms with Crippen LogP contribution in [0.3, 0.4) is 0 Å². The minimum absolute atomic E-state index is 0.378. The molecule has 0 radical (unpaired) electrons. The average molecular weight is 253 g/mol. The Morgan fingerprint density at radius 3 is 2.65 bits per heavy atom. The second-order valence-corrected chi connectivity index (χ2v) is 5.08. The van der Waals surface area contributed by atoms with Gasteiger partial charge in [0.2, 0.25) is 0 Å². The van der Waals surface area contributed by atoms with E-state index in [1.807, 2.05) is 26.0 Å². The molecule has 0 saturated heterocycles. The van der Waals surface area contributed by atoms with Crippen LogP contribution in [0.25, 0.3) is 0 Å². The largest absolute Gasteiger partial charge is 0.392 e. The third kappa shape index (κ3) is 3.71. The first kappa shape index (κ1) is 14.0. The van der Waals surface area contributed by atoms with E-state index in [4.69, 9.17) is 16.9 Å². The van der Waals surface area contributed by atoms with E-state index >= 15 is 0 Å². The number of halogens is 1. The van der Waals surface area contributed by atoms with Crippen LogP contribution in [0.2, 0.25) is 5.02 Å². The molecule has 0 aromatic heterocycles. The van der Waals surface area contributed by atoms with Crippen LogP contribution >= 0.6 is 11.6 Å². The lowest BCUT2D eigenvalue weighted by atomic mass is 9.98. The molecule has 3 nitrogen and oxygen atoms in total. The Bertz CT molecular complexity index is 436. The molecule has 1 aromatic carbocycles. The van der Waals surface area contributed by atoms with Gasteiger partial charge in [-0.2, -0.15) is 5.26 Å². The summed E-state index contributed by atoms with van der Waals surface area (Å²) in [5.74, 6) is 0. The minimum atomic E-state index is -0.459. The zero-order valence-corrected chi connectivity index (χ0v) is 11.0. The van der Waals surface area contributed by atoms with Gasteiger partial charge in [0.15, 0.2) is 0 Å². The molecule has 1 atom stereocenters. The van der Waals surface area contributed by atoms with Gasteiger partial charge in [-0.05, 0) is 38.5 Å². The summed E-state index contributed by atoms with van der Waals surface area (Å²) in [6, 6.07) is 7.25. The number of nitrogens with zero attached hydrogens (tertiary/aromatic N) is 1. The summed E-state index contributed by atoms with van der Waals surface area (Å²) < 4.78 is 0. The molecule has 0 heterocycles. The van der Waals surface area contributed by atoms with E-state index < -0.39 is 6.10 Å². The Labute approximate surface area is 107 Å². The zero-order chi connectivity index (χ0) is 13.1. The highest BCUT2D eigenvalue weighted by Crippen LogP contribution is 2.19. The van der Waals surface area contributed by atoms with Gasteiger partial charge in [-0.25, -0.2) is 0 Å². The molecule has 1 rings (SSSR count). The van der Waals surface area contributed by atoms with Crippen LogP contribution in [0.15, 0.2) is 18.2 Å². The first-order valence-electron chi connectivity index (χ1n) is 5.48. The second-order valence-electron chi connectivity index (χ2n) is 4.67. The molecule has 92 valence electrons. The minimum Gasteiger partial charge on any atom is -0.392 e. The zero-order valence-electron chi connectivity index (χ0n) is 10.3. The van der Waals surface area contributed by atoms with Gasteiger partial charge in [0.25, 0.3) is 0 Å². The van der Waals surface area contributed by atoms with Crippen molar-refractivity contribution >= 4 is 11.6 Å². The quantitative estimate of drug-likeness (QED) is 0.866. The number of rotatable bonds is 4. The first-order chi connectivity index (χ1) is 7.86. The lowest BCUT2D eigenvalue weighted by molar-refractivity contribution is 0.0956. The predicted octanol–water partition coefficient (Wildman–Crippen LogP) is 2.46. The van der Waals surface area contributed by atoms with E-state index in [-0.39, 0.29) is 5.54 Å². The number of benzene rings is 1. The average Bonchev–Trinajstić information content (AvgIpc) is 2.27. The van der Waals surface area contributed by atoms with Gasteiger partial charge < -0.3 is 10.4 Å². The van der Waals surface area contributed by atoms with Gasteiger partial charge in [0.1, 0.15) is 0 Å². The molecule has 0 spiro atoms. The smallest absolute Gasteiger partial charge is 0.0992 e. The summed E-state index contributed by atoms with van der Waals surface area (Å²) >= 11 is 6.06. The topological polar surface area (TPSA) is 56.0 Å². The van der Waals surface area contributed by atoms with Crippen LogP contribution in [-0.2, 0) is 6.54 Å². The molecule has 17 heavy (non-hydrogen) atoms. The number of hydrogen-bond acceptors (Lipinski definition) is 3. The van der Waals surface area contributed by atoms with Crippen LogP contribution in [0.1, 0.15) is 31.9 Å². The summed E-state index contributed by atoms with van der Waals surface area (Å²) in [6.45, 7) is 6.15. The van der Waals surface area contributed by atoms with Crippen molar-refractivity contribution in [1.29, 1.82) is 5.26 Å². The number of nitriles is 1. The number of aliphatic hydroxyl groups excluding tert-OH is 1. The van der Waals surface area contributed by atoms with Crippen molar-refractivity contribution in [3.63, 3.8) is 0 Å². The maximum absolute atomic E-state index is 9.57. The summed E-state index contributed by atoms with van der Waals surface area (Å²) in [7, 11) is 0. The number of hydrogen-bond donors (Lipinski definition) is 2. The maximum atomic E-state index is 9.57. The summed E-state index contributed by atoms with van der Waals surface area (Å²) in [5.41, 5.74) is 1.09. The van der Waals surface area contributed by atoms with Gasteiger partial charge in [-0.15, -0.1) is 0 Å². The molecule has 2 N–H and O–H groups in total. The molecular formula is C13H17ClN2O. The van der Waals surface area contributed by atoms with E-state index in [1.165, 1.54) is 0 Å². The molecule has 0 saturated carbocycles. The van der Waals surface area contributed by atoms with Crippen molar-refractivity contribution in [2.24, 2.45) is 0 Å². The van der Waals surface area contributed by atoms with Crippen molar-refractivity contribution in [2.75, 3.05) is 0 Å². The monoisotopic (exact) mass is 252 g/mol. The third-order valence-electron chi connectivity index (χ3n) is 2.96. The van der Waals surface area contributed by atoms with Crippen LogP contribution in [0.5, 0.6) is 0 Å². The molecule has 0 amide bonds. The Morgan fingerprint density at radius 1 is 1.53 bits per heavy atom. The maximum Gasteiger partial charge on any atom is 0.0992 e. The highest BCUT2D eigenvalue weighted by Gasteiger charge is 2.23. The van der Waals surface area contributed by atoms with Gasteiger partial charge in [-0.3, -0.25) is 0 Å². The van der Waals surface area contributed by atoms with E-state index in [2.05, 4.69) is 5.32 Å². The lowest BCUT2D eigenvalue weighted by Gasteiger charge is -2.29. The highest BCUT2D eigenvalue weighted by molar-refractivity contribution is 6.31. The Balaban J connectivity index is 2.74. The van der Waals surface area contributed by atoms with E-state index in [9.17, 15) is 5.11 Å². The van der Waals surface area contributed by atoms with Gasteiger partial charge in [0, 0.05) is 17.1 Å². The molecule has 4 heteroatoms. The summed E-state index contributed by atoms with van der Waals surface area (Å²) in [5, 5.41) is 22.1. The fourth-order valence-electron chi connectivity index (χ4n) is 1.23. The normalized spacial score (nSPS) is 13.2. The molecule has 0 bridgehead atoms. The molecule has 0 aliphatic rings. The van der Waals surface area contributed by atoms with E-state index in [0.717, 1.165) is 5.56 Å². The fourth-order valence-corrected chi connectivity index (χ4v) is 1.48. The molecule has 1 aromatic rings.